The van der Waals surface area contributed by atoms with Crippen molar-refractivity contribution < 1.29 is 14.0 Å². The Hall–Kier alpha value is -3.80. The van der Waals surface area contributed by atoms with Gasteiger partial charge in [-0.3, -0.25) is 0 Å². The monoisotopic (exact) mass is 542 g/mol. The molecule has 0 N–H and O–H groups in total. The van der Waals surface area contributed by atoms with Crippen LogP contribution in [0.2, 0.25) is 0 Å². The van der Waals surface area contributed by atoms with Crippen LogP contribution in [-0.2, 0) is 32.9 Å². The smallest absolute Gasteiger partial charge is 0.288 e. The maximum atomic E-state index is 6.32. The van der Waals surface area contributed by atoms with Crippen molar-refractivity contribution in [1.82, 2.24) is 9.55 Å². The van der Waals surface area contributed by atoms with E-state index in [2.05, 4.69) is 118 Å². The van der Waals surface area contributed by atoms with Crippen LogP contribution in [0, 0.1) is 0 Å². The minimum atomic E-state index is -0.837. The molecular weight excluding hydrogens is 506 g/mol. The summed E-state index contributed by atoms with van der Waals surface area (Å²) in [4.78, 5) is 5.17. The van der Waals surface area contributed by atoms with Crippen molar-refractivity contribution in [3.8, 4) is 11.3 Å². The standard InChI is InChI=1S/C36H36N3O2/c1-33(2,3)23-15-17-24-22(19-23)14-18-27-28(24)31-32-29(26-16-13-21-11-9-10-12-25(21)30(26)38(32)6)37-20-39(31)35(5)34(27,4)36(35,40-7)41-8/h9-20H,1-8H3/q+1. The van der Waals surface area contributed by atoms with Gasteiger partial charge in [0.15, 0.2) is 11.2 Å². The van der Waals surface area contributed by atoms with Crippen LogP contribution in [0.5, 0.6) is 0 Å². The highest BCUT2D eigenvalue weighted by Gasteiger charge is 2.92. The Morgan fingerprint density at radius 1 is 0.805 bits per heavy atom. The van der Waals surface area contributed by atoms with Gasteiger partial charge in [0.05, 0.1) is 10.9 Å². The molecule has 1 saturated carbocycles. The lowest BCUT2D eigenvalue weighted by Gasteiger charge is -2.28. The number of nitrogens with zero attached hydrogens (tertiary/aromatic N) is 3. The van der Waals surface area contributed by atoms with Crippen LogP contribution in [-0.4, -0.2) is 29.6 Å². The minimum Gasteiger partial charge on any atom is -0.349 e. The maximum Gasteiger partial charge on any atom is 0.288 e. The number of fused-ring (bicyclic) bond motifs is 14. The molecule has 8 rings (SSSR count). The quantitative estimate of drug-likeness (QED) is 0.171. The lowest BCUT2D eigenvalue weighted by molar-refractivity contribution is -0.743. The first-order valence-corrected chi connectivity index (χ1v) is 14.4. The summed E-state index contributed by atoms with van der Waals surface area (Å²) in [6.45, 7) is 11.4. The van der Waals surface area contributed by atoms with E-state index in [4.69, 9.17) is 14.5 Å². The van der Waals surface area contributed by atoms with Gasteiger partial charge in [-0.15, -0.1) is 0 Å². The van der Waals surface area contributed by atoms with Crippen LogP contribution < -0.4 is 4.57 Å². The summed E-state index contributed by atoms with van der Waals surface area (Å²) in [7, 11) is 5.72. The number of ether oxygens (including phenoxy) is 2. The summed E-state index contributed by atoms with van der Waals surface area (Å²) in [5, 5.41) is 6.11. The fourth-order valence-electron chi connectivity index (χ4n) is 8.48. The number of benzene rings is 4. The zero-order chi connectivity index (χ0) is 28.7. The van der Waals surface area contributed by atoms with Gasteiger partial charge in [0.25, 0.3) is 6.33 Å². The molecule has 1 aliphatic carbocycles. The number of hydrogen-bond donors (Lipinski definition) is 0. The molecule has 0 spiro atoms. The molecule has 206 valence electrons. The number of aromatic nitrogens is 3. The average molecular weight is 543 g/mol. The largest absolute Gasteiger partial charge is 0.349 e. The van der Waals surface area contributed by atoms with Crippen LogP contribution in [0.25, 0.3) is 54.7 Å². The number of hydrogen-bond acceptors (Lipinski definition) is 3. The van der Waals surface area contributed by atoms with Crippen molar-refractivity contribution in [1.29, 1.82) is 0 Å². The molecule has 2 aliphatic rings. The summed E-state index contributed by atoms with van der Waals surface area (Å²) in [6.07, 6.45) is 2.02. The van der Waals surface area contributed by atoms with E-state index in [1.807, 2.05) is 6.33 Å². The molecule has 5 nitrogen and oxygen atoms in total. The van der Waals surface area contributed by atoms with Gasteiger partial charge in [-0.25, -0.2) is 4.57 Å². The maximum absolute atomic E-state index is 6.32. The van der Waals surface area contributed by atoms with Gasteiger partial charge in [0.2, 0.25) is 11.3 Å². The number of rotatable bonds is 2. The fourth-order valence-corrected chi connectivity index (χ4v) is 8.48. The highest BCUT2D eigenvalue weighted by molar-refractivity contribution is 6.19. The summed E-state index contributed by atoms with van der Waals surface area (Å²) in [5.74, 6) is -0.837. The first kappa shape index (κ1) is 25.0. The van der Waals surface area contributed by atoms with Crippen LogP contribution >= 0.6 is 0 Å². The summed E-state index contributed by atoms with van der Waals surface area (Å²) in [5.41, 5.74) is 7.48. The van der Waals surface area contributed by atoms with Crippen molar-refractivity contribution in [2.75, 3.05) is 14.2 Å². The van der Waals surface area contributed by atoms with Gasteiger partial charge in [-0.05, 0) is 57.6 Å². The molecule has 1 fully saturated rings. The SMILES string of the molecule is COC1(OC)C2(C)c3ccc4cc(C(C)(C)C)ccc4c3-c3c4c(nc[n+]3C12C)c1ccc2ccccc2c1n4C. The van der Waals surface area contributed by atoms with Crippen molar-refractivity contribution in [2.24, 2.45) is 7.05 Å². The Morgan fingerprint density at radius 2 is 1.51 bits per heavy atom. The van der Waals surface area contributed by atoms with Gasteiger partial charge in [-0.1, -0.05) is 81.4 Å². The Labute approximate surface area is 240 Å². The first-order valence-electron chi connectivity index (χ1n) is 14.4. The van der Waals surface area contributed by atoms with Crippen LogP contribution in [0.15, 0.2) is 73.1 Å². The molecule has 0 radical (unpaired) electrons. The van der Waals surface area contributed by atoms with Gasteiger partial charge in [0, 0.05) is 32.2 Å². The third-order valence-electron chi connectivity index (χ3n) is 10.7. The third-order valence-corrected chi connectivity index (χ3v) is 10.7. The zero-order valence-electron chi connectivity index (χ0n) is 25.1. The Kier molecular flexibility index (Phi) is 4.58. The highest BCUT2D eigenvalue weighted by atomic mass is 16.7. The van der Waals surface area contributed by atoms with E-state index in [9.17, 15) is 0 Å². The van der Waals surface area contributed by atoms with Gasteiger partial charge < -0.3 is 14.0 Å². The molecule has 5 heteroatoms. The van der Waals surface area contributed by atoms with Crippen LogP contribution in [0.1, 0.15) is 45.7 Å². The van der Waals surface area contributed by atoms with Crippen molar-refractivity contribution in [3.05, 3.63) is 84.2 Å². The molecule has 2 atom stereocenters. The predicted molar refractivity (Wildman–Crippen MR) is 165 cm³/mol. The fraction of sp³-hybridized carbons (Fsp3) is 0.333. The summed E-state index contributed by atoms with van der Waals surface area (Å²) < 4.78 is 17.3. The predicted octanol–water partition coefficient (Wildman–Crippen LogP) is 7.27. The number of methoxy groups -OCH3 is 2. The van der Waals surface area contributed by atoms with E-state index in [0.29, 0.717) is 0 Å². The molecule has 4 aromatic carbocycles. The summed E-state index contributed by atoms with van der Waals surface area (Å²) in [6, 6.07) is 24.6. The Morgan fingerprint density at radius 3 is 2.24 bits per heavy atom. The van der Waals surface area contributed by atoms with Gasteiger partial charge in [0.1, 0.15) is 10.9 Å². The van der Waals surface area contributed by atoms with E-state index >= 15 is 0 Å². The molecule has 2 unspecified atom stereocenters. The molecule has 3 heterocycles. The minimum absolute atomic E-state index is 0.0626. The second kappa shape index (κ2) is 7.53. The van der Waals surface area contributed by atoms with Crippen LogP contribution in [0.4, 0.5) is 0 Å². The average Bonchev–Trinajstić information content (AvgIpc) is 3.26. The van der Waals surface area contributed by atoms with E-state index in [1.54, 1.807) is 14.2 Å². The molecular formula is C36H36N3O2+. The molecule has 0 amide bonds. The number of aryl methyl sites for hydroxylation is 1. The van der Waals surface area contributed by atoms with Crippen molar-refractivity contribution >= 4 is 43.5 Å². The van der Waals surface area contributed by atoms with Gasteiger partial charge >= 0.3 is 0 Å². The van der Waals surface area contributed by atoms with E-state index in [0.717, 1.165) is 16.7 Å². The molecule has 1 aliphatic heterocycles. The van der Waals surface area contributed by atoms with Crippen molar-refractivity contribution in [3.63, 3.8) is 0 Å². The third kappa shape index (κ3) is 2.58. The van der Waals surface area contributed by atoms with Crippen molar-refractivity contribution in [2.45, 2.75) is 56.8 Å². The lowest BCUT2D eigenvalue weighted by Crippen LogP contribution is -2.55. The second-order valence-corrected chi connectivity index (χ2v) is 13.3. The second-order valence-electron chi connectivity index (χ2n) is 13.3. The molecule has 2 aromatic heterocycles. The van der Waals surface area contributed by atoms with E-state index < -0.39 is 16.7 Å². The molecule has 0 bridgehead atoms. The van der Waals surface area contributed by atoms with Crippen LogP contribution in [0.3, 0.4) is 0 Å². The Bertz CT molecular complexity index is 2110. The Balaban J connectivity index is 1.59. The zero-order valence-corrected chi connectivity index (χ0v) is 25.1. The van der Waals surface area contributed by atoms with E-state index in [-0.39, 0.29) is 5.41 Å². The first-order chi connectivity index (χ1) is 19.5. The van der Waals surface area contributed by atoms with Gasteiger partial charge in [-0.2, -0.15) is 0 Å². The molecule has 41 heavy (non-hydrogen) atoms. The molecule has 0 saturated heterocycles. The lowest BCUT2D eigenvalue weighted by atomic mass is 9.80. The summed E-state index contributed by atoms with van der Waals surface area (Å²) >= 11 is 0. The molecule has 6 aromatic rings. The van der Waals surface area contributed by atoms with E-state index in [1.165, 1.54) is 49.1 Å². The normalized spacial score (nSPS) is 22.7. The highest BCUT2D eigenvalue weighted by Crippen LogP contribution is 2.73. The topological polar surface area (TPSA) is 40.2 Å².